The molecule has 4 aromatic rings. The van der Waals surface area contributed by atoms with Gasteiger partial charge in [-0.15, -0.1) is 0 Å². The van der Waals surface area contributed by atoms with E-state index in [-0.39, 0.29) is 35.0 Å². The Kier molecular flexibility index (Phi) is 7.58. The van der Waals surface area contributed by atoms with Gasteiger partial charge in [0, 0.05) is 96.1 Å². The van der Waals surface area contributed by atoms with Crippen LogP contribution < -0.4 is 28.7 Å². The minimum atomic E-state index is -0.0970. The Bertz CT molecular complexity index is 2220. The highest BCUT2D eigenvalue weighted by molar-refractivity contribution is 5.78. The molecular weight excluding hydrogens is 697 g/mol. The maximum Gasteiger partial charge on any atom is 0.127 e. The third kappa shape index (κ3) is 4.48. The van der Waals surface area contributed by atoms with Gasteiger partial charge in [0.05, 0.1) is 40.5 Å². The van der Waals surface area contributed by atoms with Gasteiger partial charge < -0.3 is 28.7 Å². The van der Waals surface area contributed by atoms with Crippen molar-refractivity contribution in [1.82, 2.24) is 9.80 Å². The van der Waals surface area contributed by atoms with E-state index in [4.69, 9.17) is 18.9 Å². The Hall–Kier alpha value is -5.44. The second-order valence-electron chi connectivity index (χ2n) is 16.4. The van der Waals surface area contributed by atoms with Crippen molar-refractivity contribution in [2.75, 3.05) is 51.3 Å². The van der Waals surface area contributed by atoms with Crippen LogP contribution in [0, 0.1) is 0 Å². The van der Waals surface area contributed by atoms with E-state index in [0.717, 1.165) is 62.0 Å². The molecule has 284 valence electrons. The van der Waals surface area contributed by atoms with Gasteiger partial charge in [-0.05, 0) is 59.4 Å². The lowest BCUT2D eigenvalue weighted by atomic mass is 9.64. The lowest BCUT2D eigenvalue weighted by Crippen LogP contribution is -2.57. The van der Waals surface area contributed by atoms with E-state index in [2.05, 4.69) is 117 Å². The molecule has 8 heteroatoms. The van der Waals surface area contributed by atoms with Crippen LogP contribution in [0.2, 0.25) is 0 Å². The predicted molar refractivity (Wildman–Crippen MR) is 220 cm³/mol. The fourth-order valence-electron chi connectivity index (χ4n) is 12.0. The zero-order chi connectivity index (χ0) is 37.8. The SMILES string of the molecule is COc1ccc(CN2CC[C@@]34c5ccccc5N5/C=C6/C=C[C@@H]7N(Cc8ccc(OC)cc8OC)CC[C@@]78c7ccccc7N(/C=C(/C=C[C@H]23)[C@H]54)[C@@H]68)c(OC)c1. The number of benzene rings is 4. The van der Waals surface area contributed by atoms with Crippen LogP contribution in [-0.2, 0) is 23.9 Å². The number of anilines is 2. The summed E-state index contributed by atoms with van der Waals surface area (Å²) < 4.78 is 22.8. The highest BCUT2D eigenvalue weighted by atomic mass is 16.5. The van der Waals surface area contributed by atoms with Crippen LogP contribution in [0.15, 0.2) is 133 Å². The van der Waals surface area contributed by atoms with Crippen LogP contribution in [0.4, 0.5) is 11.4 Å². The maximum absolute atomic E-state index is 5.88. The Morgan fingerprint density at radius 2 is 1.00 bits per heavy atom. The average Bonchev–Trinajstić information content (AvgIpc) is 3.95. The number of fused-ring (bicyclic) bond motifs is 4. The fourth-order valence-corrected chi connectivity index (χ4v) is 12.0. The summed E-state index contributed by atoms with van der Waals surface area (Å²) in [7, 11) is 6.92. The summed E-state index contributed by atoms with van der Waals surface area (Å²) in [6, 6.07) is 31.7. The van der Waals surface area contributed by atoms with Gasteiger partial charge in [-0.1, -0.05) is 72.8 Å². The highest BCUT2D eigenvalue weighted by Gasteiger charge is 2.64. The molecule has 8 nitrogen and oxygen atoms in total. The Labute approximate surface area is 329 Å². The van der Waals surface area contributed by atoms with Crippen LogP contribution in [-0.4, -0.2) is 75.5 Å². The molecule has 7 aliphatic rings. The number of hydrogen-bond acceptors (Lipinski definition) is 8. The van der Waals surface area contributed by atoms with Crippen molar-refractivity contribution >= 4 is 11.4 Å². The van der Waals surface area contributed by atoms with Crippen molar-refractivity contribution in [2.24, 2.45) is 0 Å². The number of para-hydroxylation sites is 2. The lowest BCUT2D eigenvalue weighted by Gasteiger charge is -2.48. The summed E-state index contributed by atoms with van der Waals surface area (Å²) in [5.41, 5.74) is 10.5. The highest BCUT2D eigenvalue weighted by Crippen LogP contribution is 2.62. The zero-order valence-corrected chi connectivity index (χ0v) is 32.5. The van der Waals surface area contributed by atoms with Crippen molar-refractivity contribution in [3.8, 4) is 23.0 Å². The van der Waals surface area contributed by atoms with Crippen molar-refractivity contribution in [1.29, 1.82) is 0 Å². The van der Waals surface area contributed by atoms with E-state index in [1.807, 2.05) is 24.3 Å². The summed E-state index contributed by atoms with van der Waals surface area (Å²) in [6.45, 7) is 3.63. The summed E-state index contributed by atoms with van der Waals surface area (Å²) >= 11 is 0. The minimum absolute atomic E-state index is 0.0970. The molecule has 0 amide bonds. The van der Waals surface area contributed by atoms with Crippen LogP contribution in [0.5, 0.6) is 23.0 Å². The predicted octanol–water partition coefficient (Wildman–Crippen LogP) is 7.74. The first-order valence-electron chi connectivity index (χ1n) is 20.0. The molecule has 0 saturated carbocycles. The molecule has 11 rings (SSSR count). The molecule has 6 atom stereocenters. The molecule has 4 aromatic carbocycles. The van der Waals surface area contributed by atoms with Gasteiger partial charge in [0.2, 0.25) is 0 Å². The van der Waals surface area contributed by atoms with E-state index < -0.39 is 0 Å². The maximum atomic E-state index is 5.88. The lowest BCUT2D eigenvalue weighted by molar-refractivity contribution is 0.222. The quantitative estimate of drug-likeness (QED) is 0.182. The molecule has 0 radical (unpaired) electrons. The second-order valence-corrected chi connectivity index (χ2v) is 16.4. The standard InChI is InChI=1S/C48H48N4O4/c1-53-35-17-13-31(41(25-35)55-3)27-49-23-21-47-37-9-5-7-11-39(37)51-30-34-16-20-44-48(22-24-50(44)28-32-14-18-36(54-2)26-42(32)56-4)38-10-6-8-12-40(38)52(46(34)48)29-33(45(47)51)15-19-43(47)49/h5-20,25-26,29-30,43-46H,21-24,27-28H2,1-4H3/b33-29-,34-30-/t43-,44-,45-,46-,47+,48+/m0/s1. The molecule has 2 saturated heterocycles. The van der Waals surface area contributed by atoms with Gasteiger partial charge in [-0.25, -0.2) is 0 Å². The van der Waals surface area contributed by atoms with E-state index in [1.165, 1.54) is 44.8 Å². The van der Waals surface area contributed by atoms with Gasteiger partial charge in [0.1, 0.15) is 23.0 Å². The molecule has 0 bridgehead atoms. The number of nitrogens with zero attached hydrogens (tertiary/aromatic N) is 4. The molecule has 56 heavy (non-hydrogen) atoms. The van der Waals surface area contributed by atoms with Crippen LogP contribution in [0.25, 0.3) is 0 Å². The van der Waals surface area contributed by atoms with E-state index in [1.54, 1.807) is 28.4 Å². The zero-order valence-electron chi connectivity index (χ0n) is 32.5. The van der Waals surface area contributed by atoms with Crippen molar-refractivity contribution < 1.29 is 18.9 Å². The molecule has 0 unspecified atom stereocenters. The number of ether oxygens (including phenoxy) is 4. The monoisotopic (exact) mass is 744 g/mol. The number of methoxy groups -OCH3 is 4. The van der Waals surface area contributed by atoms with Crippen molar-refractivity contribution in [3.63, 3.8) is 0 Å². The van der Waals surface area contributed by atoms with Crippen LogP contribution >= 0.6 is 0 Å². The third-order valence-corrected chi connectivity index (χ3v) is 14.3. The number of rotatable bonds is 8. The summed E-state index contributed by atoms with van der Waals surface area (Å²) in [5, 5.41) is 0. The summed E-state index contributed by atoms with van der Waals surface area (Å²) in [4.78, 5) is 10.7. The van der Waals surface area contributed by atoms with Crippen LogP contribution in [0.3, 0.4) is 0 Å². The van der Waals surface area contributed by atoms with Gasteiger partial charge >= 0.3 is 0 Å². The normalized spacial score (nSPS) is 30.8. The van der Waals surface area contributed by atoms with Gasteiger partial charge in [0.25, 0.3) is 0 Å². The van der Waals surface area contributed by atoms with Gasteiger partial charge in [0.15, 0.2) is 0 Å². The van der Waals surface area contributed by atoms with E-state index in [0.29, 0.717) is 0 Å². The molecule has 0 aromatic heterocycles. The summed E-state index contributed by atoms with van der Waals surface area (Å²) in [6.07, 6.45) is 17.2. The van der Waals surface area contributed by atoms with Gasteiger partial charge in [-0.2, -0.15) is 0 Å². The topological polar surface area (TPSA) is 49.9 Å². The smallest absolute Gasteiger partial charge is 0.127 e. The molecule has 0 N–H and O–H groups in total. The fraction of sp³-hybridized carbons (Fsp3) is 0.333. The van der Waals surface area contributed by atoms with Crippen molar-refractivity contribution in [3.05, 3.63) is 155 Å². The largest absolute Gasteiger partial charge is 0.497 e. The Balaban J connectivity index is 1.03. The first-order valence-corrected chi connectivity index (χ1v) is 20.0. The van der Waals surface area contributed by atoms with E-state index in [9.17, 15) is 0 Å². The molecule has 5 heterocycles. The third-order valence-electron chi connectivity index (χ3n) is 14.3. The molecule has 2 fully saturated rings. The number of hydrogen-bond donors (Lipinski definition) is 0. The van der Waals surface area contributed by atoms with Crippen LogP contribution in [0.1, 0.15) is 35.1 Å². The molecular formula is C48H48N4O4. The average molecular weight is 745 g/mol. The molecule has 2 aliphatic carbocycles. The number of likely N-dealkylation sites (tertiary alicyclic amines) is 2. The second kappa shape index (κ2) is 12.5. The molecule has 5 aliphatic heterocycles. The van der Waals surface area contributed by atoms with Crippen molar-refractivity contribution in [2.45, 2.75) is 60.9 Å². The Morgan fingerprint density at radius 1 is 0.554 bits per heavy atom. The van der Waals surface area contributed by atoms with Gasteiger partial charge in [-0.3, -0.25) is 9.80 Å². The van der Waals surface area contributed by atoms with E-state index >= 15 is 0 Å². The molecule has 2 spiro atoms. The summed E-state index contributed by atoms with van der Waals surface area (Å²) in [5.74, 6) is 3.37. The Morgan fingerprint density at radius 3 is 1.43 bits per heavy atom. The first-order chi connectivity index (χ1) is 27.5. The minimum Gasteiger partial charge on any atom is -0.497 e. The first kappa shape index (κ1) is 33.9.